The molecule has 3 nitrogen and oxygen atoms in total. The molecule has 0 atom stereocenters. The Hall–Kier alpha value is -7.10. The van der Waals surface area contributed by atoms with E-state index in [1.807, 2.05) is 0 Å². The molecule has 4 aliphatic rings. The highest BCUT2D eigenvalue weighted by Crippen LogP contribution is 2.58. The fourth-order valence-electron chi connectivity index (χ4n) is 11.0. The molecule has 1 saturated carbocycles. The molecule has 12 rings (SSSR count). The summed E-state index contributed by atoms with van der Waals surface area (Å²) in [6.07, 6.45) is 12.0. The Morgan fingerprint density at radius 3 is 1.54 bits per heavy atom. The molecule has 2 aliphatic carbocycles. The van der Waals surface area contributed by atoms with Crippen molar-refractivity contribution in [2.24, 2.45) is 0 Å². The van der Waals surface area contributed by atoms with E-state index in [1.165, 1.54) is 94.4 Å². The minimum atomic E-state index is 0.111. The molecule has 2 aliphatic heterocycles. The average Bonchev–Trinajstić information content (AvgIpc) is 3.93. The summed E-state index contributed by atoms with van der Waals surface area (Å²) in [5.41, 5.74) is 22.1. The third-order valence-corrected chi connectivity index (χ3v) is 13.8. The second-order valence-corrected chi connectivity index (χ2v) is 17.2. The molecule has 1 spiro atoms. The first-order chi connectivity index (χ1) is 30.2. The second kappa shape index (κ2) is 14.6. The molecule has 8 aromatic carbocycles. The number of nitrogens with zero attached hydrogens (tertiary/aromatic N) is 3. The summed E-state index contributed by atoms with van der Waals surface area (Å²) in [7, 11) is 0. The van der Waals surface area contributed by atoms with Gasteiger partial charge in [-0.3, -0.25) is 0 Å². The van der Waals surface area contributed by atoms with Gasteiger partial charge in [0.2, 0.25) is 0 Å². The Balaban J connectivity index is 0.796. The summed E-state index contributed by atoms with van der Waals surface area (Å²) < 4.78 is 0. The van der Waals surface area contributed by atoms with E-state index in [4.69, 9.17) is 0 Å². The molecule has 0 bridgehead atoms. The van der Waals surface area contributed by atoms with E-state index in [-0.39, 0.29) is 5.41 Å². The van der Waals surface area contributed by atoms with Crippen molar-refractivity contribution in [1.82, 2.24) is 0 Å². The average molecular weight is 786 g/mol. The molecule has 0 radical (unpaired) electrons. The molecule has 61 heavy (non-hydrogen) atoms. The van der Waals surface area contributed by atoms with Crippen molar-refractivity contribution in [1.29, 1.82) is 0 Å². The topological polar surface area (TPSA) is 9.72 Å². The molecule has 0 saturated heterocycles. The van der Waals surface area contributed by atoms with Crippen LogP contribution in [0.1, 0.15) is 59.9 Å². The summed E-state index contributed by atoms with van der Waals surface area (Å²) in [5.74, 6) is 0. The Bertz CT molecular complexity index is 2910. The van der Waals surface area contributed by atoms with Crippen LogP contribution >= 0.6 is 0 Å². The van der Waals surface area contributed by atoms with E-state index >= 15 is 0 Å². The smallest absolute Gasteiger partial charge is 0.0703 e. The molecule has 2 heterocycles. The van der Waals surface area contributed by atoms with Crippen molar-refractivity contribution in [2.45, 2.75) is 43.9 Å². The molecule has 294 valence electrons. The minimum absolute atomic E-state index is 0.111. The van der Waals surface area contributed by atoms with Gasteiger partial charge in [-0.05, 0) is 142 Å². The standard InChI is InChI=1S/C58H47N3/c1-2-15-46(16-3-1)60-54-18-6-8-20-56(54)61(57-21-9-7-19-55(57)60)47-31-29-44(30-32-47)43-27-24-41(25-28-43)22-23-42-26-34-49-50-35-33-48(59-38-12-14-45-13-4-5-17-53(45)59)40-52(50)58(51(49)39-42)36-10-11-37-58/h1-9,13,15-35,39-40H,10-12,14,36-38H2. The zero-order valence-corrected chi connectivity index (χ0v) is 34.3. The van der Waals surface area contributed by atoms with Crippen LogP contribution in [-0.4, -0.2) is 6.54 Å². The van der Waals surface area contributed by atoms with E-state index in [9.17, 15) is 0 Å². The number of rotatable bonds is 6. The van der Waals surface area contributed by atoms with Crippen LogP contribution in [0.3, 0.4) is 0 Å². The minimum Gasteiger partial charge on any atom is -0.341 e. The van der Waals surface area contributed by atoms with Gasteiger partial charge in [0.15, 0.2) is 0 Å². The van der Waals surface area contributed by atoms with Crippen molar-refractivity contribution < 1.29 is 0 Å². The summed E-state index contributed by atoms with van der Waals surface area (Å²) in [5, 5.41) is 0. The summed E-state index contributed by atoms with van der Waals surface area (Å²) in [6.45, 7) is 1.08. The Morgan fingerprint density at radius 2 is 0.885 bits per heavy atom. The molecular formula is C58H47N3. The van der Waals surface area contributed by atoms with Gasteiger partial charge < -0.3 is 14.7 Å². The lowest BCUT2D eigenvalue weighted by molar-refractivity contribution is 0.549. The van der Waals surface area contributed by atoms with E-state index in [0.29, 0.717) is 0 Å². The van der Waals surface area contributed by atoms with Crippen LogP contribution in [0.5, 0.6) is 0 Å². The number of para-hydroxylation sites is 6. The van der Waals surface area contributed by atoms with Crippen LogP contribution in [0, 0.1) is 0 Å². The lowest BCUT2D eigenvalue weighted by Gasteiger charge is -2.40. The van der Waals surface area contributed by atoms with E-state index in [2.05, 4.69) is 215 Å². The number of aryl methyl sites for hydroxylation is 1. The van der Waals surface area contributed by atoms with Crippen LogP contribution < -0.4 is 14.7 Å². The zero-order valence-electron chi connectivity index (χ0n) is 34.3. The second-order valence-electron chi connectivity index (χ2n) is 17.2. The van der Waals surface area contributed by atoms with Crippen LogP contribution in [0.2, 0.25) is 0 Å². The Morgan fingerprint density at radius 1 is 0.393 bits per heavy atom. The summed E-state index contributed by atoms with van der Waals surface area (Å²) in [4.78, 5) is 7.32. The molecule has 0 unspecified atom stereocenters. The predicted molar refractivity (Wildman–Crippen MR) is 257 cm³/mol. The van der Waals surface area contributed by atoms with Crippen molar-refractivity contribution >= 4 is 57.7 Å². The number of fused-ring (bicyclic) bond motifs is 8. The maximum Gasteiger partial charge on any atom is 0.0703 e. The molecule has 0 amide bonds. The van der Waals surface area contributed by atoms with E-state index < -0.39 is 0 Å². The van der Waals surface area contributed by atoms with Gasteiger partial charge in [0.05, 0.1) is 22.7 Å². The molecule has 0 N–H and O–H groups in total. The van der Waals surface area contributed by atoms with Crippen LogP contribution in [-0.2, 0) is 11.8 Å². The van der Waals surface area contributed by atoms with Crippen molar-refractivity contribution in [3.05, 3.63) is 216 Å². The Labute approximate surface area is 359 Å². The normalized spacial score (nSPS) is 15.7. The lowest BCUT2D eigenvalue weighted by Crippen LogP contribution is -2.25. The molecule has 8 aromatic rings. The van der Waals surface area contributed by atoms with Crippen molar-refractivity contribution in [2.75, 3.05) is 21.2 Å². The predicted octanol–water partition coefficient (Wildman–Crippen LogP) is 15.7. The van der Waals surface area contributed by atoms with Gasteiger partial charge in [-0.1, -0.05) is 146 Å². The SMILES string of the molecule is C(=Cc1ccc2c(c1)C1(CCCC1)c1cc(N3CCCc4ccccc43)ccc1-2)c1ccc(-c2ccc(N3c4ccccc4N(c4ccccc4)c4ccccc43)cc2)cc1. The van der Waals surface area contributed by atoms with Gasteiger partial charge in [0.25, 0.3) is 0 Å². The Kier molecular flexibility index (Phi) is 8.55. The van der Waals surface area contributed by atoms with Crippen LogP contribution in [0.15, 0.2) is 188 Å². The van der Waals surface area contributed by atoms with Gasteiger partial charge in [-0.15, -0.1) is 0 Å². The van der Waals surface area contributed by atoms with Crippen LogP contribution in [0.25, 0.3) is 34.4 Å². The number of hydrogen-bond donors (Lipinski definition) is 0. The third-order valence-electron chi connectivity index (χ3n) is 13.8. The maximum atomic E-state index is 2.56. The first-order valence-corrected chi connectivity index (χ1v) is 22.1. The summed E-state index contributed by atoms with van der Waals surface area (Å²) >= 11 is 0. The molecule has 0 aromatic heterocycles. The van der Waals surface area contributed by atoms with Gasteiger partial charge in [-0.2, -0.15) is 0 Å². The highest BCUT2D eigenvalue weighted by atomic mass is 15.3. The number of anilines is 8. The summed E-state index contributed by atoms with van der Waals surface area (Å²) in [6, 6.07) is 69.6. The molecular weight excluding hydrogens is 739 g/mol. The fourth-order valence-corrected chi connectivity index (χ4v) is 11.0. The first-order valence-electron chi connectivity index (χ1n) is 22.1. The molecule has 3 heteroatoms. The quantitative estimate of drug-likeness (QED) is 0.156. The zero-order chi connectivity index (χ0) is 40.3. The van der Waals surface area contributed by atoms with Gasteiger partial charge in [-0.25, -0.2) is 0 Å². The largest absolute Gasteiger partial charge is 0.341 e. The van der Waals surface area contributed by atoms with E-state index in [0.717, 1.165) is 40.7 Å². The first kappa shape index (κ1) is 35.8. The number of hydrogen-bond acceptors (Lipinski definition) is 3. The van der Waals surface area contributed by atoms with Gasteiger partial charge in [0, 0.05) is 34.7 Å². The molecule has 1 fully saturated rings. The fraction of sp³-hybridized carbons (Fsp3) is 0.138. The highest BCUT2D eigenvalue weighted by Gasteiger charge is 2.45. The monoisotopic (exact) mass is 785 g/mol. The van der Waals surface area contributed by atoms with Gasteiger partial charge >= 0.3 is 0 Å². The van der Waals surface area contributed by atoms with Crippen molar-refractivity contribution in [3.63, 3.8) is 0 Å². The lowest BCUT2D eigenvalue weighted by atomic mass is 9.76. The van der Waals surface area contributed by atoms with Gasteiger partial charge in [0.1, 0.15) is 0 Å². The maximum absolute atomic E-state index is 2.56. The third kappa shape index (κ3) is 5.94. The number of benzene rings is 8. The van der Waals surface area contributed by atoms with E-state index in [1.54, 1.807) is 5.56 Å². The highest BCUT2D eigenvalue weighted by molar-refractivity contribution is 6.01. The van der Waals surface area contributed by atoms with Crippen LogP contribution in [0.4, 0.5) is 45.5 Å². The van der Waals surface area contributed by atoms with Crippen molar-refractivity contribution in [3.8, 4) is 22.3 Å².